The minimum atomic E-state index is -1.01. The quantitative estimate of drug-likeness (QED) is 0.312. The number of carbonyl (C=O) groups is 3. The summed E-state index contributed by atoms with van der Waals surface area (Å²) in [7, 11) is 0. The van der Waals surface area contributed by atoms with Crippen LogP contribution in [0.1, 0.15) is 83.5 Å². The summed E-state index contributed by atoms with van der Waals surface area (Å²) in [6.07, 6.45) is 2.31. The van der Waals surface area contributed by atoms with E-state index < -0.39 is 29.7 Å². The van der Waals surface area contributed by atoms with E-state index in [1.165, 1.54) is 12.1 Å². The number of nitrogens with zero attached hydrogens (tertiary/aromatic N) is 1. The van der Waals surface area contributed by atoms with Crippen LogP contribution in [0.3, 0.4) is 0 Å². The third-order valence-corrected chi connectivity index (χ3v) is 6.14. The Morgan fingerprint density at radius 3 is 2.26 bits per heavy atom. The number of ether oxygens (including phenoxy) is 1. The lowest BCUT2D eigenvalue weighted by Gasteiger charge is -2.37. The number of alkyl carbamates (subject to hydrolysis) is 1. The van der Waals surface area contributed by atoms with Crippen LogP contribution >= 0.6 is 0 Å². The van der Waals surface area contributed by atoms with Crippen LogP contribution < -0.4 is 10.6 Å². The molecule has 0 aromatic heterocycles. The molecule has 3 amide bonds. The van der Waals surface area contributed by atoms with Crippen LogP contribution in [-0.2, 0) is 20.7 Å². The molecule has 0 aliphatic carbocycles. The predicted molar refractivity (Wildman–Crippen MR) is 153 cm³/mol. The smallest absolute Gasteiger partial charge is 0.408 e. The van der Waals surface area contributed by atoms with Crippen LogP contribution in [0.4, 0.5) is 4.79 Å². The Balaban J connectivity index is 2.49. The van der Waals surface area contributed by atoms with Gasteiger partial charge < -0.3 is 25.4 Å². The maximum atomic E-state index is 14.3. The van der Waals surface area contributed by atoms with Crippen LogP contribution in [-0.4, -0.2) is 52.1 Å². The first kappa shape index (κ1) is 31.7. The third kappa shape index (κ3) is 10.3. The standard InChI is InChI=1S/C31H45N3O5/c1-8-9-10-18-32-28(36)27(24-13-11-12-22(4)19-24)34(21(2)3)29(37)26(33-30(38)39-31(5,6)7)20-23-14-16-25(35)17-15-23/h11-17,19,21,26-27,35H,8-10,18,20H2,1-7H3,(H,32,36)(H,33,38). The Hall–Kier alpha value is -3.55. The van der Waals surface area contributed by atoms with Crippen LogP contribution in [0.5, 0.6) is 5.75 Å². The second-order valence-electron chi connectivity index (χ2n) is 11.2. The maximum Gasteiger partial charge on any atom is 0.408 e. The first-order chi connectivity index (χ1) is 18.3. The molecule has 0 saturated heterocycles. The summed E-state index contributed by atoms with van der Waals surface area (Å²) in [6.45, 7) is 13.5. The molecule has 0 spiro atoms. The average Bonchev–Trinajstić information content (AvgIpc) is 2.84. The van der Waals surface area contributed by atoms with Gasteiger partial charge in [0.15, 0.2) is 0 Å². The molecule has 0 bridgehead atoms. The average molecular weight is 540 g/mol. The molecule has 0 saturated carbocycles. The van der Waals surface area contributed by atoms with Gasteiger partial charge in [0, 0.05) is 19.0 Å². The number of amides is 3. The van der Waals surface area contributed by atoms with Crippen LogP contribution in [0.15, 0.2) is 48.5 Å². The first-order valence-corrected chi connectivity index (χ1v) is 13.8. The van der Waals surface area contributed by atoms with Gasteiger partial charge in [0.25, 0.3) is 0 Å². The minimum Gasteiger partial charge on any atom is -0.508 e. The maximum absolute atomic E-state index is 14.3. The molecule has 214 valence electrons. The van der Waals surface area contributed by atoms with Crippen molar-refractivity contribution in [3.8, 4) is 5.75 Å². The zero-order chi connectivity index (χ0) is 29.2. The number of benzene rings is 2. The van der Waals surface area contributed by atoms with E-state index in [9.17, 15) is 19.5 Å². The second kappa shape index (κ2) is 14.6. The number of hydrogen-bond donors (Lipinski definition) is 3. The molecular weight excluding hydrogens is 494 g/mol. The molecule has 0 radical (unpaired) electrons. The van der Waals surface area contributed by atoms with E-state index in [4.69, 9.17) is 4.74 Å². The number of phenols is 1. The Labute approximate surface area is 233 Å². The molecule has 0 aliphatic heterocycles. The number of aromatic hydroxyl groups is 1. The number of hydrogen-bond acceptors (Lipinski definition) is 5. The van der Waals surface area contributed by atoms with Gasteiger partial charge in [-0.15, -0.1) is 0 Å². The highest BCUT2D eigenvalue weighted by molar-refractivity contribution is 5.92. The molecule has 0 aliphatic rings. The summed E-state index contributed by atoms with van der Waals surface area (Å²) in [5, 5.41) is 15.5. The van der Waals surface area contributed by atoms with Crippen molar-refractivity contribution in [2.75, 3.05) is 6.54 Å². The van der Waals surface area contributed by atoms with Gasteiger partial charge in [0.05, 0.1) is 0 Å². The van der Waals surface area contributed by atoms with Gasteiger partial charge in [-0.3, -0.25) is 9.59 Å². The van der Waals surface area contributed by atoms with Crippen LogP contribution in [0.2, 0.25) is 0 Å². The van der Waals surface area contributed by atoms with E-state index in [1.807, 2.05) is 45.0 Å². The third-order valence-electron chi connectivity index (χ3n) is 6.14. The molecule has 2 aromatic rings. The van der Waals surface area contributed by atoms with Crippen molar-refractivity contribution in [2.45, 2.75) is 97.9 Å². The SMILES string of the molecule is CCCCCNC(=O)C(c1cccc(C)c1)N(C(=O)C(Cc1ccc(O)cc1)NC(=O)OC(C)(C)C)C(C)C. The van der Waals surface area contributed by atoms with Gasteiger partial charge in [-0.05, 0) is 71.2 Å². The number of phenolic OH excluding ortho intramolecular Hbond substituents is 1. The molecule has 2 unspecified atom stereocenters. The summed E-state index contributed by atoms with van der Waals surface area (Å²) in [5.41, 5.74) is 1.66. The Bertz CT molecular complexity index is 1090. The highest BCUT2D eigenvalue weighted by Gasteiger charge is 2.37. The van der Waals surface area contributed by atoms with Crippen LogP contribution in [0, 0.1) is 6.92 Å². The van der Waals surface area contributed by atoms with Crippen molar-refractivity contribution < 1.29 is 24.2 Å². The normalized spacial score (nSPS) is 12.9. The number of nitrogens with one attached hydrogen (secondary N) is 2. The van der Waals surface area contributed by atoms with Crippen molar-refractivity contribution >= 4 is 17.9 Å². The summed E-state index contributed by atoms with van der Waals surface area (Å²) < 4.78 is 5.46. The lowest BCUT2D eigenvalue weighted by molar-refractivity contribution is -0.144. The summed E-state index contributed by atoms with van der Waals surface area (Å²) >= 11 is 0. The largest absolute Gasteiger partial charge is 0.508 e. The second-order valence-corrected chi connectivity index (χ2v) is 11.2. The first-order valence-electron chi connectivity index (χ1n) is 13.8. The zero-order valence-electron chi connectivity index (χ0n) is 24.4. The van der Waals surface area contributed by atoms with E-state index in [-0.39, 0.29) is 24.1 Å². The summed E-state index contributed by atoms with van der Waals surface area (Å²) in [5.74, 6) is -0.566. The molecule has 8 heteroatoms. The van der Waals surface area contributed by atoms with Gasteiger partial charge in [0.2, 0.25) is 11.8 Å². The molecule has 2 atom stereocenters. The number of rotatable bonds is 12. The Morgan fingerprint density at radius 1 is 1.03 bits per heavy atom. The fourth-order valence-corrected chi connectivity index (χ4v) is 4.34. The van der Waals surface area contributed by atoms with Crippen molar-refractivity contribution in [3.05, 3.63) is 65.2 Å². The topological polar surface area (TPSA) is 108 Å². The van der Waals surface area contributed by atoms with E-state index in [0.29, 0.717) is 12.1 Å². The zero-order valence-corrected chi connectivity index (χ0v) is 24.4. The van der Waals surface area contributed by atoms with E-state index in [2.05, 4.69) is 17.6 Å². The molecule has 39 heavy (non-hydrogen) atoms. The van der Waals surface area contributed by atoms with Crippen molar-refractivity contribution in [3.63, 3.8) is 0 Å². The minimum absolute atomic E-state index is 0.102. The van der Waals surface area contributed by atoms with Gasteiger partial charge in [0.1, 0.15) is 23.4 Å². The number of aryl methyl sites for hydroxylation is 1. The van der Waals surface area contributed by atoms with Gasteiger partial charge in [-0.2, -0.15) is 0 Å². The molecule has 3 N–H and O–H groups in total. The van der Waals surface area contributed by atoms with Gasteiger partial charge in [-0.25, -0.2) is 4.79 Å². The summed E-state index contributed by atoms with van der Waals surface area (Å²) in [6, 6.07) is 11.8. The number of unbranched alkanes of at least 4 members (excludes halogenated alkanes) is 2. The van der Waals surface area contributed by atoms with Gasteiger partial charge >= 0.3 is 6.09 Å². The Kier molecular flexibility index (Phi) is 11.8. The van der Waals surface area contributed by atoms with Crippen LogP contribution in [0.25, 0.3) is 0 Å². The Morgan fingerprint density at radius 2 is 1.69 bits per heavy atom. The van der Waals surface area contributed by atoms with E-state index >= 15 is 0 Å². The van der Waals surface area contributed by atoms with Crippen molar-refractivity contribution in [1.82, 2.24) is 15.5 Å². The lowest BCUT2D eigenvalue weighted by Crippen LogP contribution is -2.55. The highest BCUT2D eigenvalue weighted by atomic mass is 16.6. The monoisotopic (exact) mass is 539 g/mol. The fourth-order valence-electron chi connectivity index (χ4n) is 4.34. The van der Waals surface area contributed by atoms with Crippen molar-refractivity contribution in [1.29, 1.82) is 0 Å². The molecule has 0 fully saturated rings. The highest BCUT2D eigenvalue weighted by Crippen LogP contribution is 2.26. The molecule has 2 aromatic carbocycles. The molecule has 2 rings (SSSR count). The van der Waals surface area contributed by atoms with E-state index in [0.717, 1.165) is 30.4 Å². The molecular formula is C31H45N3O5. The lowest BCUT2D eigenvalue weighted by atomic mass is 9.97. The number of carbonyl (C=O) groups excluding carboxylic acids is 3. The fraction of sp³-hybridized carbons (Fsp3) is 0.516. The molecule has 8 nitrogen and oxygen atoms in total. The molecule has 0 heterocycles. The van der Waals surface area contributed by atoms with E-state index in [1.54, 1.807) is 37.8 Å². The predicted octanol–water partition coefficient (Wildman–Crippen LogP) is 5.42. The van der Waals surface area contributed by atoms with Crippen molar-refractivity contribution in [2.24, 2.45) is 0 Å². The van der Waals surface area contributed by atoms with Gasteiger partial charge in [-0.1, -0.05) is 61.7 Å². The summed E-state index contributed by atoms with van der Waals surface area (Å²) in [4.78, 5) is 42.3.